The maximum Gasteiger partial charge on any atom is 0.119 e. The van der Waals surface area contributed by atoms with E-state index >= 15 is 0 Å². The van der Waals surface area contributed by atoms with E-state index in [1.165, 1.54) is 35.0 Å². The van der Waals surface area contributed by atoms with E-state index in [1.807, 2.05) is 0 Å². The monoisotopic (exact) mass is 274 g/mol. The van der Waals surface area contributed by atoms with Crippen LogP contribution in [0.25, 0.3) is 10.9 Å². The predicted molar refractivity (Wildman–Crippen MR) is 85.7 cm³/mol. The van der Waals surface area contributed by atoms with Crippen molar-refractivity contribution in [2.45, 2.75) is 33.6 Å². The smallest absolute Gasteiger partial charge is 0.119 e. The predicted octanol–water partition coefficient (Wildman–Crippen LogP) is 3.76. The lowest BCUT2D eigenvalue weighted by Gasteiger charge is -2.19. The number of aromatic nitrogens is 1. The van der Waals surface area contributed by atoms with Crippen LogP contribution in [0.2, 0.25) is 0 Å². The fourth-order valence-corrected chi connectivity index (χ4v) is 2.78. The van der Waals surface area contributed by atoms with E-state index in [4.69, 9.17) is 4.74 Å². The molecule has 0 spiro atoms. The first-order chi connectivity index (χ1) is 9.69. The summed E-state index contributed by atoms with van der Waals surface area (Å²) in [6.45, 7) is 10.0. The standard InChI is InChI=1S/C17H26N2O/c1-5-8-19(6-2)9-7-14-12-18-17-13(3)10-15(20-4)11-16(14)17/h10-12,18H,5-9H2,1-4H3. The van der Waals surface area contributed by atoms with Crippen LogP contribution < -0.4 is 4.74 Å². The number of nitrogens with one attached hydrogen (secondary N) is 1. The van der Waals surface area contributed by atoms with Crippen LogP contribution in [0.4, 0.5) is 0 Å². The molecule has 0 saturated carbocycles. The van der Waals surface area contributed by atoms with Gasteiger partial charge in [0.05, 0.1) is 7.11 Å². The molecule has 2 aromatic rings. The Balaban J connectivity index is 2.20. The van der Waals surface area contributed by atoms with Gasteiger partial charge in [0.15, 0.2) is 0 Å². The van der Waals surface area contributed by atoms with Gasteiger partial charge in [0.1, 0.15) is 5.75 Å². The fraction of sp³-hybridized carbons (Fsp3) is 0.529. The number of aryl methyl sites for hydroxylation is 1. The summed E-state index contributed by atoms with van der Waals surface area (Å²) in [6, 6.07) is 4.22. The summed E-state index contributed by atoms with van der Waals surface area (Å²) >= 11 is 0. The first-order valence-corrected chi connectivity index (χ1v) is 7.56. The highest BCUT2D eigenvalue weighted by atomic mass is 16.5. The van der Waals surface area contributed by atoms with Gasteiger partial charge in [-0.15, -0.1) is 0 Å². The Morgan fingerprint density at radius 2 is 2.00 bits per heavy atom. The van der Waals surface area contributed by atoms with Crippen LogP contribution in [0.3, 0.4) is 0 Å². The molecule has 0 aliphatic rings. The lowest BCUT2D eigenvalue weighted by Crippen LogP contribution is -2.26. The third-order valence-electron chi connectivity index (χ3n) is 3.97. The van der Waals surface area contributed by atoms with Gasteiger partial charge < -0.3 is 14.6 Å². The van der Waals surface area contributed by atoms with Crippen molar-refractivity contribution in [1.29, 1.82) is 0 Å². The molecule has 3 nitrogen and oxygen atoms in total. The van der Waals surface area contributed by atoms with Gasteiger partial charge in [-0.05, 0) is 56.1 Å². The van der Waals surface area contributed by atoms with Gasteiger partial charge in [-0.1, -0.05) is 13.8 Å². The SMILES string of the molecule is CCCN(CC)CCc1c[nH]c2c(C)cc(OC)cc12. The molecule has 2 rings (SSSR count). The van der Waals surface area contributed by atoms with Gasteiger partial charge in [0.2, 0.25) is 0 Å². The van der Waals surface area contributed by atoms with Crippen molar-refractivity contribution in [2.24, 2.45) is 0 Å². The molecule has 0 atom stereocenters. The number of fused-ring (bicyclic) bond motifs is 1. The maximum absolute atomic E-state index is 5.39. The first kappa shape index (κ1) is 14.9. The Morgan fingerprint density at radius 3 is 2.65 bits per heavy atom. The summed E-state index contributed by atoms with van der Waals surface area (Å²) < 4.78 is 5.39. The zero-order valence-corrected chi connectivity index (χ0v) is 13.1. The molecule has 1 aromatic heterocycles. The molecule has 1 heterocycles. The van der Waals surface area contributed by atoms with Gasteiger partial charge in [-0.25, -0.2) is 0 Å². The van der Waals surface area contributed by atoms with Crippen molar-refractivity contribution in [3.8, 4) is 5.75 Å². The fourth-order valence-electron chi connectivity index (χ4n) is 2.78. The number of likely N-dealkylation sites (N-methyl/N-ethyl adjacent to an activating group) is 1. The topological polar surface area (TPSA) is 28.3 Å². The number of aromatic amines is 1. The van der Waals surface area contributed by atoms with E-state index in [1.54, 1.807) is 7.11 Å². The van der Waals surface area contributed by atoms with E-state index in [0.717, 1.165) is 25.3 Å². The van der Waals surface area contributed by atoms with Crippen LogP contribution in [0.5, 0.6) is 5.75 Å². The highest BCUT2D eigenvalue weighted by Crippen LogP contribution is 2.27. The highest BCUT2D eigenvalue weighted by molar-refractivity contribution is 5.87. The first-order valence-electron chi connectivity index (χ1n) is 7.56. The summed E-state index contributed by atoms with van der Waals surface area (Å²) in [6.07, 6.45) is 4.45. The molecule has 0 radical (unpaired) electrons. The number of nitrogens with zero attached hydrogens (tertiary/aromatic N) is 1. The zero-order valence-electron chi connectivity index (χ0n) is 13.1. The second kappa shape index (κ2) is 6.80. The molecule has 110 valence electrons. The third kappa shape index (κ3) is 3.15. The van der Waals surface area contributed by atoms with Gasteiger partial charge in [0, 0.05) is 23.6 Å². The second-order valence-corrected chi connectivity index (χ2v) is 5.37. The zero-order chi connectivity index (χ0) is 14.5. The Kier molecular flexibility index (Phi) is 5.07. The lowest BCUT2D eigenvalue weighted by molar-refractivity contribution is 0.293. The summed E-state index contributed by atoms with van der Waals surface area (Å²) in [5.41, 5.74) is 3.86. The number of benzene rings is 1. The molecule has 0 bridgehead atoms. The maximum atomic E-state index is 5.39. The van der Waals surface area contributed by atoms with E-state index in [9.17, 15) is 0 Å². The summed E-state index contributed by atoms with van der Waals surface area (Å²) in [4.78, 5) is 5.91. The number of H-pyrrole nitrogens is 1. The second-order valence-electron chi connectivity index (χ2n) is 5.37. The van der Waals surface area contributed by atoms with Crippen LogP contribution >= 0.6 is 0 Å². The molecule has 0 fully saturated rings. The largest absolute Gasteiger partial charge is 0.497 e. The van der Waals surface area contributed by atoms with E-state index in [0.29, 0.717) is 0 Å². The van der Waals surface area contributed by atoms with E-state index in [-0.39, 0.29) is 0 Å². The Bertz CT molecular complexity index is 559. The Morgan fingerprint density at radius 1 is 1.20 bits per heavy atom. The molecular formula is C17H26N2O. The average Bonchev–Trinajstić information content (AvgIpc) is 2.87. The highest BCUT2D eigenvalue weighted by Gasteiger charge is 2.09. The third-order valence-corrected chi connectivity index (χ3v) is 3.97. The molecular weight excluding hydrogens is 248 g/mol. The Hall–Kier alpha value is -1.48. The summed E-state index contributed by atoms with van der Waals surface area (Å²) in [7, 11) is 1.73. The molecule has 1 N–H and O–H groups in total. The van der Waals surface area contributed by atoms with Gasteiger partial charge in [-0.2, -0.15) is 0 Å². The number of hydrogen-bond donors (Lipinski definition) is 1. The molecule has 0 saturated heterocycles. The van der Waals surface area contributed by atoms with Gasteiger partial charge >= 0.3 is 0 Å². The van der Waals surface area contributed by atoms with Crippen LogP contribution in [0, 0.1) is 6.92 Å². The lowest BCUT2D eigenvalue weighted by atomic mass is 10.1. The van der Waals surface area contributed by atoms with Crippen molar-refractivity contribution in [3.63, 3.8) is 0 Å². The van der Waals surface area contributed by atoms with Crippen LogP contribution in [0.1, 0.15) is 31.4 Å². The van der Waals surface area contributed by atoms with E-state index in [2.05, 4.69) is 49.0 Å². The van der Waals surface area contributed by atoms with Gasteiger partial charge in [-0.3, -0.25) is 0 Å². The molecule has 1 aromatic carbocycles. The molecule has 0 aliphatic heterocycles. The normalized spacial score (nSPS) is 11.4. The average molecular weight is 274 g/mol. The van der Waals surface area contributed by atoms with Crippen molar-refractivity contribution in [1.82, 2.24) is 9.88 Å². The van der Waals surface area contributed by atoms with Crippen LogP contribution in [0.15, 0.2) is 18.3 Å². The molecule has 3 heteroatoms. The number of ether oxygens (including phenoxy) is 1. The van der Waals surface area contributed by atoms with Crippen molar-refractivity contribution >= 4 is 10.9 Å². The Labute approximate surface area is 121 Å². The van der Waals surface area contributed by atoms with E-state index < -0.39 is 0 Å². The number of rotatable bonds is 7. The molecule has 0 unspecified atom stereocenters. The van der Waals surface area contributed by atoms with Gasteiger partial charge in [0.25, 0.3) is 0 Å². The summed E-state index contributed by atoms with van der Waals surface area (Å²) in [5.74, 6) is 0.941. The number of hydrogen-bond acceptors (Lipinski definition) is 2. The van der Waals surface area contributed by atoms with Crippen molar-refractivity contribution < 1.29 is 4.74 Å². The number of methoxy groups -OCH3 is 1. The molecule has 20 heavy (non-hydrogen) atoms. The minimum Gasteiger partial charge on any atom is -0.497 e. The minimum absolute atomic E-state index is 0.941. The summed E-state index contributed by atoms with van der Waals surface area (Å²) in [5, 5.41) is 1.30. The van der Waals surface area contributed by atoms with Crippen molar-refractivity contribution in [2.75, 3.05) is 26.7 Å². The van der Waals surface area contributed by atoms with Crippen LogP contribution in [-0.4, -0.2) is 36.6 Å². The quantitative estimate of drug-likeness (QED) is 0.832. The van der Waals surface area contributed by atoms with Crippen molar-refractivity contribution in [3.05, 3.63) is 29.5 Å². The molecule has 0 aliphatic carbocycles. The molecule has 0 amide bonds. The van der Waals surface area contributed by atoms with Crippen LogP contribution in [-0.2, 0) is 6.42 Å². The minimum atomic E-state index is 0.941.